The number of carbonyl (C=O) groups excluding carboxylic acids is 1. The van der Waals surface area contributed by atoms with Crippen molar-refractivity contribution in [3.8, 4) is 0 Å². The molecular formula is C15H19N3O. The van der Waals surface area contributed by atoms with Gasteiger partial charge in [0.05, 0.1) is 5.52 Å². The van der Waals surface area contributed by atoms with Gasteiger partial charge in [-0.2, -0.15) is 0 Å². The van der Waals surface area contributed by atoms with Crippen LogP contribution in [0.25, 0.3) is 10.9 Å². The maximum atomic E-state index is 10.9. The van der Waals surface area contributed by atoms with Crippen LogP contribution in [-0.4, -0.2) is 25.0 Å². The molecule has 100 valence electrons. The number of anilines is 1. The third-order valence-corrected chi connectivity index (χ3v) is 3.12. The monoisotopic (exact) mass is 257 g/mol. The van der Waals surface area contributed by atoms with Crippen molar-refractivity contribution >= 4 is 22.5 Å². The number of hydrogen-bond donors (Lipinski definition) is 1. The number of carbonyl (C=O) groups is 1. The molecule has 0 unspecified atom stereocenters. The van der Waals surface area contributed by atoms with Crippen molar-refractivity contribution in [3.63, 3.8) is 0 Å². The molecule has 4 heteroatoms. The largest absolute Gasteiger partial charge is 0.377 e. The number of primary amides is 1. The lowest BCUT2D eigenvalue weighted by Gasteiger charge is -2.16. The van der Waals surface area contributed by atoms with E-state index in [9.17, 15) is 4.79 Å². The molecule has 2 aromatic rings. The molecule has 1 aromatic carbocycles. The number of aryl methyl sites for hydroxylation is 2. The van der Waals surface area contributed by atoms with Gasteiger partial charge in [0.25, 0.3) is 0 Å². The minimum Gasteiger partial charge on any atom is -0.377 e. The molecule has 0 spiro atoms. The standard InChI is InChI=1S/C15H19N3O/c1-10-8-14(18(2)3)12-9-11(5-7-15(16)19)4-6-13(12)17-10/h4,6,8-9H,5,7H2,1-3H3,(H2,16,19). The number of amides is 1. The van der Waals surface area contributed by atoms with Gasteiger partial charge in [0.1, 0.15) is 0 Å². The van der Waals surface area contributed by atoms with Crippen LogP contribution in [0.4, 0.5) is 5.69 Å². The minimum absolute atomic E-state index is 0.269. The zero-order chi connectivity index (χ0) is 14.0. The highest BCUT2D eigenvalue weighted by Gasteiger charge is 2.07. The number of rotatable bonds is 4. The number of nitrogens with two attached hydrogens (primary N) is 1. The van der Waals surface area contributed by atoms with Crippen LogP contribution in [0.2, 0.25) is 0 Å². The summed E-state index contributed by atoms with van der Waals surface area (Å²) in [5, 5.41) is 1.11. The Labute approximate surface area is 113 Å². The fraction of sp³-hybridized carbons (Fsp3) is 0.333. The van der Waals surface area contributed by atoms with Gasteiger partial charge >= 0.3 is 0 Å². The Morgan fingerprint density at radius 1 is 1.32 bits per heavy atom. The van der Waals surface area contributed by atoms with Gasteiger partial charge in [-0.05, 0) is 37.1 Å². The van der Waals surface area contributed by atoms with Crippen molar-refractivity contribution in [2.75, 3.05) is 19.0 Å². The zero-order valence-corrected chi connectivity index (χ0v) is 11.6. The smallest absolute Gasteiger partial charge is 0.217 e. The topological polar surface area (TPSA) is 59.2 Å². The van der Waals surface area contributed by atoms with Gasteiger partial charge in [0.15, 0.2) is 0 Å². The van der Waals surface area contributed by atoms with E-state index in [1.807, 2.05) is 33.2 Å². The highest BCUT2D eigenvalue weighted by molar-refractivity contribution is 5.92. The van der Waals surface area contributed by atoms with E-state index >= 15 is 0 Å². The van der Waals surface area contributed by atoms with E-state index in [0.29, 0.717) is 12.8 Å². The van der Waals surface area contributed by atoms with Crippen molar-refractivity contribution < 1.29 is 4.79 Å². The minimum atomic E-state index is -0.269. The molecule has 2 N–H and O–H groups in total. The molecule has 0 radical (unpaired) electrons. The molecule has 0 atom stereocenters. The lowest BCUT2D eigenvalue weighted by Crippen LogP contribution is -2.11. The molecule has 19 heavy (non-hydrogen) atoms. The third-order valence-electron chi connectivity index (χ3n) is 3.12. The lowest BCUT2D eigenvalue weighted by atomic mass is 10.0. The number of fused-ring (bicyclic) bond motifs is 1. The fourth-order valence-electron chi connectivity index (χ4n) is 2.18. The van der Waals surface area contributed by atoms with E-state index in [4.69, 9.17) is 5.73 Å². The molecule has 1 amide bonds. The van der Waals surface area contributed by atoms with E-state index in [1.54, 1.807) is 0 Å². The molecular weight excluding hydrogens is 238 g/mol. The quantitative estimate of drug-likeness (QED) is 0.911. The van der Waals surface area contributed by atoms with Crippen molar-refractivity contribution in [1.29, 1.82) is 0 Å². The summed E-state index contributed by atoms with van der Waals surface area (Å²) in [6.07, 6.45) is 1.05. The third kappa shape index (κ3) is 3.02. The first-order valence-electron chi connectivity index (χ1n) is 6.33. The van der Waals surface area contributed by atoms with Gasteiger partial charge in [-0.1, -0.05) is 6.07 Å². The molecule has 1 heterocycles. The highest BCUT2D eigenvalue weighted by Crippen LogP contribution is 2.26. The van der Waals surface area contributed by atoms with Crippen molar-refractivity contribution in [2.24, 2.45) is 5.73 Å². The average Bonchev–Trinajstić information content (AvgIpc) is 2.35. The predicted octanol–water partition coefficient (Wildman–Crippen LogP) is 2.03. The predicted molar refractivity (Wildman–Crippen MR) is 78.3 cm³/mol. The summed E-state index contributed by atoms with van der Waals surface area (Å²) < 4.78 is 0. The summed E-state index contributed by atoms with van der Waals surface area (Å²) in [5.74, 6) is -0.269. The number of aromatic nitrogens is 1. The second-order valence-electron chi connectivity index (χ2n) is 5.00. The molecule has 0 aliphatic heterocycles. The Morgan fingerprint density at radius 3 is 2.68 bits per heavy atom. The highest BCUT2D eigenvalue weighted by atomic mass is 16.1. The average molecular weight is 257 g/mol. The Balaban J connectivity index is 2.48. The van der Waals surface area contributed by atoms with Crippen LogP contribution >= 0.6 is 0 Å². The van der Waals surface area contributed by atoms with Crippen LogP contribution in [0.15, 0.2) is 24.3 Å². The van der Waals surface area contributed by atoms with Gasteiger partial charge in [-0.15, -0.1) is 0 Å². The maximum absolute atomic E-state index is 10.9. The van der Waals surface area contributed by atoms with Gasteiger partial charge in [0, 0.05) is 37.3 Å². The van der Waals surface area contributed by atoms with Gasteiger partial charge in [-0.3, -0.25) is 9.78 Å². The van der Waals surface area contributed by atoms with Crippen LogP contribution in [0.5, 0.6) is 0 Å². The van der Waals surface area contributed by atoms with E-state index in [2.05, 4.69) is 22.0 Å². The van der Waals surface area contributed by atoms with Crippen LogP contribution in [0, 0.1) is 6.92 Å². The second kappa shape index (κ2) is 5.26. The second-order valence-corrected chi connectivity index (χ2v) is 5.00. The first-order chi connectivity index (χ1) is 8.97. The van der Waals surface area contributed by atoms with Crippen LogP contribution in [0.1, 0.15) is 17.7 Å². The van der Waals surface area contributed by atoms with Gasteiger partial charge < -0.3 is 10.6 Å². The fourth-order valence-corrected chi connectivity index (χ4v) is 2.18. The van der Waals surface area contributed by atoms with Gasteiger partial charge in [0.2, 0.25) is 5.91 Å². The molecule has 0 aliphatic rings. The van der Waals surface area contributed by atoms with E-state index in [0.717, 1.165) is 27.8 Å². The number of hydrogen-bond acceptors (Lipinski definition) is 3. The Morgan fingerprint density at radius 2 is 2.05 bits per heavy atom. The van der Waals surface area contributed by atoms with Crippen LogP contribution < -0.4 is 10.6 Å². The summed E-state index contributed by atoms with van der Waals surface area (Å²) in [5.41, 5.74) is 9.42. The molecule has 0 saturated heterocycles. The van der Waals surface area contributed by atoms with E-state index < -0.39 is 0 Å². The first-order valence-corrected chi connectivity index (χ1v) is 6.33. The summed E-state index contributed by atoms with van der Waals surface area (Å²) >= 11 is 0. The van der Waals surface area contributed by atoms with Crippen molar-refractivity contribution in [2.45, 2.75) is 19.8 Å². The van der Waals surface area contributed by atoms with Crippen LogP contribution in [0.3, 0.4) is 0 Å². The molecule has 0 saturated carbocycles. The van der Waals surface area contributed by atoms with Crippen LogP contribution in [-0.2, 0) is 11.2 Å². The molecule has 0 aliphatic carbocycles. The Kier molecular flexibility index (Phi) is 3.69. The molecule has 1 aromatic heterocycles. The van der Waals surface area contributed by atoms with Crippen molar-refractivity contribution in [3.05, 3.63) is 35.5 Å². The van der Waals surface area contributed by atoms with Crippen molar-refractivity contribution in [1.82, 2.24) is 4.98 Å². The first kappa shape index (κ1) is 13.3. The SMILES string of the molecule is Cc1cc(N(C)C)c2cc(CCC(N)=O)ccc2n1. The number of benzene rings is 1. The molecule has 0 bridgehead atoms. The summed E-state index contributed by atoms with van der Waals surface area (Å²) in [4.78, 5) is 17.5. The van der Waals surface area contributed by atoms with Gasteiger partial charge in [-0.25, -0.2) is 0 Å². The maximum Gasteiger partial charge on any atom is 0.217 e. The molecule has 0 fully saturated rings. The summed E-state index contributed by atoms with van der Waals surface area (Å²) in [7, 11) is 4.04. The number of nitrogens with zero attached hydrogens (tertiary/aromatic N) is 2. The zero-order valence-electron chi connectivity index (χ0n) is 11.6. The Bertz CT molecular complexity index is 620. The Hall–Kier alpha value is -2.10. The number of pyridine rings is 1. The summed E-state index contributed by atoms with van der Waals surface area (Å²) in [6.45, 7) is 1.99. The van der Waals surface area contributed by atoms with E-state index in [-0.39, 0.29) is 5.91 Å². The summed E-state index contributed by atoms with van der Waals surface area (Å²) in [6, 6.07) is 8.18. The molecule has 2 rings (SSSR count). The molecule has 4 nitrogen and oxygen atoms in total. The van der Waals surface area contributed by atoms with E-state index in [1.165, 1.54) is 0 Å². The lowest BCUT2D eigenvalue weighted by molar-refractivity contribution is -0.117. The normalized spacial score (nSPS) is 10.7.